The van der Waals surface area contributed by atoms with Gasteiger partial charge < -0.3 is 10.2 Å². The molecule has 0 saturated carbocycles. The van der Waals surface area contributed by atoms with Crippen molar-refractivity contribution in [2.45, 2.75) is 24.6 Å². The van der Waals surface area contributed by atoms with Crippen LogP contribution >= 0.6 is 35.3 Å². The highest BCUT2D eigenvalue weighted by atomic mass is 127. The molecular formula is C18H27IN4O2S2. The Labute approximate surface area is 183 Å². The minimum absolute atomic E-state index is 0. The zero-order valence-electron chi connectivity index (χ0n) is 15.8. The number of halogens is 1. The number of aryl methyl sites for hydroxylation is 1. The molecular weight excluding hydrogens is 495 g/mol. The summed E-state index contributed by atoms with van der Waals surface area (Å²) in [6, 6.07) is 11.7. The van der Waals surface area contributed by atoms with Crippen LogP contribution in [-0.4, -0.2) is 46.0 Å². The summed E-state index contributed by atoms with van der Waals surface area (Å²) in [7, 11) is -1.47. The zero-order chi connectivity index (χ0) is 19.0. The van der Waals surface area contributed by atoms with Crippen molar-refractivity contribution in [3.8, 4) is 0 Å². The minimum Gasteiger partial charge on any atom is -0.357 e. The largest absolute Gasteiger partial charge is 0.357 e. The van der Waals surface area contributed by atoms with Crippen LogP contribution in [0.4, 0.5) is 0 Å². The van der Waals surface area contributed by atoms with Gasteiger partial charge in [-0.25, -0.2) is 13.1 Å². The van der Waals surface area contributed by atoms with Crippen LogP contribution in [-0.2, 0) is 16.6 Å². The van der Waals surface area contributed by atoms with E-state index in [1.165, 1.54) is 22.5 Å². The summed E-state index contributed by atoms with van der Waals surface area (Å²) in [5.41, 5.74) is 2.43. The Bertz CT molecular complexity index is 806. The molecule has 9 heteroatoms. The predicted octanol–water partition coefficient (Wildman–Crippen LogP) is 3.05. The van der Waals surface area contributed by atoms with Gasteiger partial charge >= 0.3 is 0 Å². The van der Waals surface area contributed by atoms with E-state index in [0.717, 1.165) is 19.0 Å². The number of hydrogen-bond donors (Lipinski definition) is 2. The van der Waals surface area contributed by atoms with Crippen molar-refractivity contribution in [1.82, 2.24) is 14.9 Å². The van der Waals surface area contributed by atoms with E-state index in [1.807, 2.05) is 18.9 Å². The number of nitrogens with one attached hydrogen (secondary N) is 2. The summed E-state index contributed by atoms with van der Waals surface area (Å²) in [6.45, 7) is 6.18. The lowest BCUT2D eigenvalue weighted by molar-refractivity contribution is 0.477. The zero-order valence-corrected chi connectivity index (χ0v) is 19.8. The Balaban J connectivity index is 0.00000364. The van der Waals surface area contributed by atoms with Gasteiger partial charge in [0.15, 0.2) is 5.96 Å². The number of rotatable bonds is 8. The van der Waals surface area contributed by atoms with Crippen molar-refractivity contribution in [3.05, 3.63) is 52.9 Å². The van der Waals surface area contributed by atoms with Crippen LogP contribution in [0.25, 0.3) is 0 Å². The van der Waals surface area contributed by atoms with E-state index in [0.29, 0.717) is 10.8 Å². The molecule has 0 atom stereocenters. The molecule has 0 bridgehead atoms. The number of nitrogens with zero attached hydrogens (tertiary/aromatic N) is 2. The molecule has 150 valence electrons. The molecule has 0 fully saturated rings. The summed E-state index contributed by atoms with van der Waals surface area (Å²) in [5, 5.41) is 4.99. The molecule has 0 amide bonds. The second-order valence-electron chi connectivity index (χ2n) is 5.91. The van der Waals surface area contributed by atoms with Gasteiger partial charge in [-0.2, -0.15) is 0 Å². The molecule has 1 aromatic heterocycles. The standard InChI is InChI=1S/C18H26N4O2S2.HI/c1-4-19-18(22(3)14-16-9-7-15(2)8-10-16)20-11-12-21-26(23,24)17-6-5-13-25-17;/h5-10,13,21H,4,11-12,14H2,1-3H3,(H,19,20);1H. The first kappa shape index (κ1) is 23.9. The van der Waals surface area contributed by atoms with Gasteiger partial charge in [0, 0.05) is 26.7 Å². The van der Waals surface area contributed by atoms with E-state index in [2.05, 4.69) is 46.2 Å². The van der Waals surface area contributed by atoms with Gasteiger partial charge in [0.25, 0.3) is 0 Å². The van der Waals surface area contributed by atoms with Crippen LogP contribution in [0.5, 0.6) is 0 Å². The summed E-state index contributed by atoms with van der Waals surface area (Å²) >= 11 is 1.20. The maximum Gasteiger partial charge on any atom is 0.250 e. The minimum atomic E-state index is -3.43. The second-order valence-corrected chi connectivity index (χ2v) is 8.85. The quantitative estimate of drug-likeness (QED) is 0.242. The highest BCUT2D eigenvalue weighted by Crippen LogP contribution is 2.14. The first-order valence-electron chi connectivity index (χ1n) is 8.50. The molecule has 2 rings (SSSR count). The number of benzene rings is 1. The number of thiophene rings is 1. The lowest BCUT2D eigenvalue weighted by Gasteiger charge is -2.22. The fraction of sp³-hybridized carbons (Fsp3) is 0.389. The highest BCUT2D eigenvalue weighted by molar-refractivity contribution is 14.0. The van der Waals surface area contributed by atoms with Crippen LogP contribution in [0.3, 0.4) is 0 Å². The highest BCUT2D eigenvalue weighted by Gasteiger charge is 2.14. The molecule has 0 aliphatic heterocycles. The third-order valence-corrected chi connectivity index (χ3v) is 6.52. The molecule has 0 aliphatic rings. The summed E-state index contributed by atoms with van der Waals surface area (Å²) < 4.78 is 27.1. The molecule has 27 heavy (non-hydrogen) atoms. The van der Waals surface area contributed by atoms with Crippen LogP contribution in [0.15, 0.2) is 51.0 Å². The van der Waals surface area contributed by atoms with Gasteiger partial charge in [0.1, 0.15) is 4.21 Å². The first-order valence-corrected chi connectivity index (χ1v) is 10.9. The average molecular weight is 522 g/mol. The van der Waals surface area contributed by atoms with Crippen molar-refractivity contribution in [2.75, 3.05) is 26.7 Å². The van der Waals surface area contributed by atoms with Crippen molar-refractivity contribution in [2.24, 2.45) is 4.99 Å². The lowest BCUT2D eigenvalue weighted by Crippen LogP contribution is -2.39. The third-order valence-electron chi connectivity index (χ3n) is 3.66. The van der Waals surface area contributed by atoms with Gasteiger partial charge in [-0.1, -0.05) is 35.9 Å². The Morgan fingerprint density at radius 1 is 1.22 bits per heavy atom. The van der Waals surface area contributed by atoms with Crippen LogP contribution in [0.1, 0.15) is 18.1 Å². The van der Waals surface area contributed by atoms with Crippen LogP contribution in [0, 0.1) is 6.92 Å². The third kappa shape index (κ3) is 7.76. The maximum atomic E-state index is 12.1. The number of aliphatic imine (C=N–C) groups is 1. The molecule has 6 nitrogen and oxygen atoms in total. The molecule has 2 aromatic rings. The van der Waals surface area contributed by atoms with E-state index < -0.39 is 10.0 Å². The summed E-state index contributed by atoms with van der Waals surface area (Å²) in [6.07, 6.45) is 0. The number of guanidine groups is 1. The van der Waals surface area contributed by atoms with Crippen LogP contribution < -0.4 is 10.0 Å². The fourth-order valence-electron chi connectivity index (χ4n) is 2.34. The Morgan fingerprint density at radius 3 is 2.52 bits per heavy atom. The Hall–Kier alpha value is -1.17. The molecule has 2 N–H and O–H groups in total. The molecule has 0 saturated heterocycles. The van der Waals surface area contributed by atoms with Gasteiger partial charge in [-0.05, 0) is 30.9 Å². The van der Waals surface area contributed by atoms with Crippen molar-refractivity contribution in [3.63, 3.8) is 0 Å². The van der Waals surface area contributed by atoms with Gasteiger partial charge in [0.2, 0.25) is 10.0 Å². The molecule has 1 heterocycles. The van der Waals surface area contributed by atoms with Crippen molar-refractivity contribution >= 4 is 51.3 Å². The SMILES string of the molecule is CCNC(=NCCNS(=O)(=O)c1cccs1)N(C)Cc1ccc(C)cc1.I. The molecule has 0 radical (unpaired) electrons. The van der Waals surface area contributed by atoms with Gasteiger partial charge in [-0.3, -0.25) is 4.99 Å². The Kier molecular flexibility index (Phi) is 10.3. The van der Waals surface area contributed by atoms with E-state index in [9.17, 15) is 8.42 Å². The lowest BCUT2D eigenvalue weighted by atomic mass is 10.1. The molecule has 0 unspecified atom stereocenters. The number of sulfonamides is 1. The molecule has 1 aromatic carbocycles. The predicted molar refractivity (Wildman–Crippen MR) is 124 cm³/mol. The molecule has 0 aliphatic carbocycles. The Morgan fingerprint density at radius 2 is 1.93 bits per heavy atom. The molecule has 0 spiro atoms. The average Bonchev–Trinajstić information content (AvgIpc) is 3.15. The topological polar surface area (TPSA) is 73.8 Å². The maximum absolute atomic E-state index is 12.1. The van der Waals surface area contributed by atoms with Crippen molar-refractivity contribution in [1.29, 1.82) is 0 Å². The van der Waals surface area contributed by atoms with E-state index in [-0.39, 0.29) is 30.5 Å². The van der Waals surface area contributed by atoms with E-state index in [1.54, 1.807) is 17.5 Å². The summed E-state index contributed by atoms with van der Waals surface area (Å²) in [5.74, 6) is 0.753. The van der Waals surface area contributed by atoms with Gasteiger partial charge in [0.05, 0.1) is 6.54 Å². The van der Waals surface area contributed by atoms with Crippen LogP contribution in [0.2, 0.25) is 0 Å². The fourth-order valence-corrected chi connectivity index (χ4v) is 4.40. The first-order chi connectivity index (χ1) is 12.4. The smallest absolute Gasteiger partial charge is 0.250 e. The number of hydrogen-bond acceptors (Lipinski definition) is 4. The second kappa shape index (κ2) is 11.6. The summed E-state index contributed by atoms with van der Waals surface area (Å²) in [4.78, 5) is 6.55. The normalized spacial score (nSPS) is 11.7. The van der Waals surface area contributed by atoms with E-state index >= 15 is 0 Å². The van der Waals surface area contributed by atoms with E-state index in [4.69, 9.17) is 0 Å². The van der Waals surface area contributed by atoms with Gasteiger partial charge in [-0.15, -0.1) is 35.3 Å². The van der Waals surface area contributed by atoms with Crippen molar-refractivity contribution < 1.29 is 8.42 Å². The monoisotopic (exact) mass is 522 g/mol.